The number of nitrogens with one attached hydrogen (secondary N) is 1. The molecule has 7 nitrogen and oxygen atoms in total. The van der Waals surface area contributed by atoms with Crippen LogP contribution in [0.15, 0.2) is 48.5 Å². The first-order valence-electron chi connectivity index (χ1n) is 8.02. The average molecular weight is 341 g/mol. The van der Waals surface area contributed by atoms with Crippen molar-refractivity contribution < 1.29 is 14.5 Å². The van der Waals surface area contributed by atoms with E-state index in [1.54, 1.807) is 7.11 Å². The number of nitro benzene ring substituents is 1. The third-order valence-electron chi connectivity index (χ3n) is 4.29. The molecule has 2 aromatic rings. The maximum absolute atomic E-state index is 12.3. The molecule has 0 aromatic heterocycles. The highest BCUT2D eigenvalue weighted by molar-refractivity contribution is 5.94. The molecule has 1 aliphatic heterocycles. The Kier molecular flexibility index (Phi) is 4.83. The molecule has 0 saturated carbocycles. The third kappa shape index (κ3) is 3.71. The van der Waals surface area contributed by atoms with Gasteiger partial charge in [0.05, 0.1) is 17.7 Å². The standard InChI is InChI=1S/C18H19N3O4/c1-25-17-5-3-2-4-16(17)20-11-10-14(12-20)19-18(22)13-6-8-15(9-7-13)21(23)24/h2-9,14H,10-12H2,1H3,(H,19,22)/t14-/m1/s1. The number of para-hydroxylation sites is 2. The molecule has 1 heterocycles. The predicted molar refractivity (Wildman–Crippen MR) is 94.2 cm³/mol. The number of benzene rings is 2. The Balaban J connectivity index is 1.63. The highest BCUT2D eigenvalue weighted by atomic mass is 16.6. The van der Waals surface area contributed by atoms with Crippen LogP contribution in [0.3, 0.4) is 0 Å². The van der Waals surface area contributed by atoms with Gasteiger partial charge in [-0.2, -0.15) is 0 Å². The minimum Gasteiger partial charge on any atom is -0.495 e. The largest absolute Gasteiger partial charge is 0.495 e. The van der Waals surface area contributed by atoms with E-state index in [2.05, 4.69) is 10.2 Å². The second-order valence-corrected chi connectivity index (χ2v) is 5.88. The summed E-state index contributed by atoms with van der Waals surface area (Å²) in [6.45, 7) is 1.52. The molecule has 7 heteroatoms. The molecule has 1 amide bonds. The summed E-state index contributed by atoms with van der Waals surface area (Å²) in [5.74, 6) is 0.589. The molecule has 0 aliphatic carbocycles. The van der Waals surface area contributed by atoms with Crippen LogP contribution in [0, 0.1) is 10.1 Å². The first-order valence-corrected chi connectivity index (χ1v) is 8.02. The van der Waals surface area contributed by atoms with Gasteiger partial charge in [0.25, 0.3) is 11.6 Å². The monoisotopic (exact) mass is 341 g/mol. The van der Waals surface area contributed by atoms with Gasteiger partial charge in [-0.1, -0.05) is 12.1 Å². The Hall–Kier alpha value is -3.09. The smallest absolute Gasteiger partial charge is 0.269 e. The van der Waals surface area contributed by atoms with Gasteiger partial charge in [-0.05, 0) is 30.7 Å². The SMILES string of the molecule is COc1ccccc1N1CC[C@@H](NC(=O)c2ccc([N+](=O)[O-])cc2)C1. The predicted octanol–water partition coefficient (Wildman–Crippen LogP) is 2.61. The molecule has 1 aliphatic rings. The van der Waals surface area contributed by atoms with E-state index >= 15 is 0 Å². The van der Waals surface area contributed by atoms with Gasteiger partial charge in [-0.15, -0.1) is 0 Å². The number of carbonyl (C=O) groups is 1. The summed E-state index contributed by atoms with van der Waals surface area (Å²) in [6.07, 6.45) is 0.830. The van der Waals surface area contributed by atoms with E-state index in [1.807, 2.05) is 24.3 Å². The molecule has 1 fully saturated rings. The average Bonchev–Trinajstić information content (AvgIpc) is 3.10. The van der Waals surface area contributed by atoms with Crippen molar-refractivity contribution in [2.45, 2.75) is 12.5 Å². The fraction of sp³-hybridized carbons (Fsp3) is 0.278. The van der Waals surface area contributed by atoms with Crippen molar-refractivity contribution in [2.24, 2.45) is 0 Å². The molecular weight excluding hydrogens is 322 g/mol. The molecule has 1 N–H and O–H groups in total. The van der Waals surface area contributed by atoms with E-state index in [0.29, 0.717) is 12.1 Å². The van der Waals surface area contributed by atoms with Crippen LogP contribution < -0.4 is 15.0 Å². The van der Waals surface area contributed by atoms with E-state index in [4.69, 9.17) is 4.74 Å². The summed E-state index contributed by atoms with van der Waals surface area (Å²) in [6, 6.07) is 13.4. The minimum absolute atomic E-state index is 0.0209. The number of carbonyl (C=O) groups excluding carboxylic acids is 1. The van der Waals surface area contributed by atoms with Gasteiger partial charge in [-0.25, -0.2) is 0 Å². The van der Waals surface area contributed by atoms with E-state index < -0.39 is 4.92 Å². The van der Waals surface area contributed by atoms with Gasteiger partial charge in [0.2, 0.25) is 0 Å². The minimum atomic E-state index is -0.482. The van der Waals surface area contributed by atoms with Crippen molar-refractivity contribution in [1.82, 2.24) is 5.32 Å². The number of ether oxygens (including phenoxy) is 1. The third-order valence-corrected chi connectivity index (χ3v) is 4.29. The Morgan fingerprint density at radius 1 is 1.24 bits per heavy atom. The van der Waals surface area contributed by atoms with Crippen molar-refractivity contribution in [2.75, 3.05) is 25.1 Å². The van der Waals surface area contributed by atoms with Crippen LogP contribution in [0.25, 0.3) is 0 Å². The maximum atomic E-state index is 12.3. The van der Waals surface area contributed by atoms with E-state index in [-0.39, 0.29) is 17.6 Å². The molecule has 130 valence electrons. The van der Waals surface area contributed by atoms with Gasteiger partial charge >= 0.3 is 0 Å². The summed E-state index contributed by atoms with van der Waals surface area (Å²) < 4.78 is 5.39. The lowest BCUT2D eigenvalue weighted by Crippen LogP contribution is -2.37. The summed E-state index contributed by atoms with van der Waals surface area (Å²) in [5, 5.41) is 13.7. The molecule has 3 rings (SSSR count). The van der Waals surface area contributed by atoms with E-state index in [1.165, 1.54) is 24.3 Å². The second-order valence-electron chi connectivity index (χ2n) is 5.88. The van der Waals surface area contributed by atoms with E-state index in [0.717, 1.165) is 24.4 Å². The number of hydrogen-bond donors (Lipinski definition) is 1. The van der Waals surface area contributed by atoms with Crippen molar-refractivity contribution in [3.05, 3.63) is 64.2 Å². The van der Waals surface area contributed by atoms with Crippen LogP contribution in [0.5, 0.6) is 5.75 Å². The molecule has 1 atom stereocenters. The molecule has 0 radical (unpaired) electrons. The van der Waals surface area contributed by atoms with Crippen molar-refractivity contribution in [1.29, 1.82) is 0 Å². The summed E-state index contributed by atoms with van der Waals surface area (Å²) >= 11 is 0. The quantitative estimate of drug-likeness (QED) is 0.667. The van der Waals surface area contributed by atoms with Crippen molar-refractivity contribution in [3.8, 4) is 5.75 Å². The Bertz CT molecular complexity index is 776. The fourth-order valence-corrected chi connectivity index (χ4v) is 2.99. The molecular formula is C18H19N3O4. The number of hydrogen-bond acceptors (Lipinski definition) is 5. The second kappa shape index (κ2) is 7.21. The molecule has 0 bridgehead atoms. The molecule has 25 heavy (non-hydrogen) atoms. The van der Waals surface area contributed by atoms with Crippen molar-refractivity contribution >= 4 is 17.3 Å². The summed E-state index contributed by atoms with van der Waals surface area (Å²) in [5.41, 5.74) is 1.40. The van der Waals surface area contributed by atoms with Crippen LogP contribution in [0.2, 0.25) is 0 Å². The van der Waals surface area contributed by atoms with Gasteiger partial charge in [0.1, 0.15) is 5.75 Å². The number of nitrogens with zero attached hydrogens (tertiary/aromatic N) is 2. The van der Waals surface area contributed by atoms with Gasteiger partial charge < -0.3 is 15.0 Å². The fourth-order valence-electron chi connectivity index (χ4n) is 2.99. The maximum Gasteiger partial charge on any atom is 0.269 e. The molecule has 0 spiro atoms. The zero-order valence-electron chi connectivity index (χ0n) is 13.8. The molecule has 0 unspecified atom stereocenters. The molecule has 1 saturated heterocycles. The first kappa shape index (κ1) is 16.8. The highest BCUT2D eigenvalue weighted by Crippen LogP contribution is 2.30. The zero-order valence-corrected chi connectivity index (χ0v) is 13.8. The number of anilines is 1. The number of nitro groups is 1. The van der Waals surface area contributed by atoms with Crippen LogP contribution in [0.4, 0.5) is 11.4 Å². The normalized spacial score (nSPS) is 16.5. The first-order chi connectivity index (χ1) is 12.1. The van der Waals surface area contributed by atoms with Crippen LogP contribution >= 0.6 is 0 Å². The summed E-state index contributed by atoms with van der Waals surface area (Å²) in [7, 11) is 1.64. The Morgan fingerprint density at radius 2 is 1.96 bits per heavy atom. The van der Waals surface area contributed by atoms with Gasteiger partial charge in [0, 0.05) is 36.8 Å². The highest BCUT2D eigenvalue weighted by Gasteiger charge is 2.26. The molecule has 2 aromatic carbocycles. The van der Waals surface area contributed by atoms with Crippen LogP contribution in [0.1, 0.15) is 16.8 Å². The lowest BCUT2D eigenvalue weighted by atomic mass is 10.1. The van der Waals surface area contributed by atoms with Crippen LogP contribution in [-0.2, 0) is 0 Å². The van der Waals surface area contributed by atoms with E-state index in [9.17, 15) is 14.9 Å². The number of non-ortho nitro benzene ring substituents is 1. The topological polar surface area (TPSA) is 84.7 Å². The number of methoxy groups -OCH3 is 1. The van der Waals surface area contributed by atoms with Gasteiger partial charge in [0.15, 0.2) is 0 Å². The zero-order chi connectivity index (χ0) is 17.8. The van der Waals surface area contributed by atoms with Crippen LogP contribution in [-0.4, -0.2) is 37.1 Å². The lowest BCUT2D eigenvalue weighted by Gasteiger charge is -2.21. The number of rotatable bonds is 5. The lowest BCUT2D eigenvalue weighted by molar-refractivity contribution is -0.384. The van der Waals surface area contributed by atoms with Crippen molar-refractivity contribution in [3.63, 3.8) is 0 Å². The van der Waals surface area contributed by atoms with Gasteiger partial charge in [-0.3, -0.25) is 14.9 Å². The summed E-state index contributed by atoms with van der Waals surface area (Å²) in [4.78, 5) is 24.7. The Labute approximate surface area is 145 Å². The Morgan fingerprint density at radius 3 is 2.64 bits per heavy atom. The number of amides is 1.